The summed E-state index contributed by atoms with van der Waals surface area (Å²) >= 11 is 0. The molecule has 0 aliphatic carbocycles. The van der Waals surface area contributed by atoms with Crippen molar-refractivity contribution in [3.05, 3.63) is 65.7 Å². The van der Waals surface area contributed by atoms with Gasteiger partial charge < -0.3 is 15.1 Å². The summed E-state index contributed by atoms with van der Waals surface area (Å²) in [6, 6.07) is 17.2. The minimum absolute atomic E-state index is 0.115. The zero-order valence-corrected chi connectivity index (χ0v) is 17.9. The Kier molecular flexibility index (Phi) is 4.89. The van der Waals surface area contributed by atoms with Gasteiger partial charge in [0.2, 0.25) is 5.91 Å². The van der Waals surface area contributed by atoms with Crippen LogP contribution >= 0.6 is 0 Å². The number of fused-ring (bicyclic) bond motifs is 3. The third-order valence-corrected chi connectivity index (χ3v) is 6.68. The van der Waals surface area contributed by atoms with Crippen LogP contribution in [0.3, 0.4) is 0 Å². The van der Waals surface area contributed by atoms with Crippen molar-refractivity contribution < 1.29 is 4.79 Å². The van der Waals surface area contributed by atoms with Crippen LogP contribution in [0.2, 0.25) is 0 Å². The molecule has 0 unspecified atom stereocenters. The molecule has 2 aromatic rings. The van der Waals surface area contributed by atoms with Gasteiger partial charge in [-0.05, 0) is 49.2 Å². The van der Waals surface area contributed by atoms with Gasteiger partial charge in [-0.25, -0.2) is 0 Å². The van der Waals surface area contributed by atoms with E-state index in [-0.39, 0.29) is 11.3 Å². The average Bonchev–Trinajstić information content (AvgIpc) is 2.92. The van der Waals surface area contributed by atoms with Gasteiger partial charge in [0.05, 0.1) is 0 Å². The first-order valence-electron chi connectivity index (χ1n) is 10.7. The van der Waals surface area contributed by atoms with E-state index < -0.39 is 5.66 Å². The Morgan fingerprint density at radius 3 is 2.45 bits per heavy atom. The first-order chi connectivity index (χ1) is 13.9. The molecule has 1 N–H and O–H groups in total. The minimum Gasteiger partial charge on any atom is -0.372 e. The molecule has 1 amide bonds. The topological polar surface area (TPSA) is 35.6 Å². The maximum absolute atomic E-state index is 12.5. The molecule has 0 bridgehead atoms. The molecule has 2 heterocycles. The van der Waals surface area contributed by atoms with Crippen LogP contribution in [0, 0.1) is 0 Å². The molecule has 2 aliphatic rings. The van der Waals surface area contributed by atoms with E-state index in [4.69, 9.17) is 0 Å². The Labute approximate surface area is 174 Å². The Morgan fingerprint density at radius 1 is 1.07 bits per heavy atom. The molecule has 29 heavy (non-hydrogen) atoms. The van der Waals surface area contributed by atoms with Gasteiger partial charge in [0.1, 0.15) is 5.66 Å². The lowest BCUT2D eigenvalue weighted by Crippen LogP contribution is -2.68. The highest BCUT2D eigenvalue weighted by molar-refractivity contribution is 5.84. The van der Waals surface area contributed by atoms with Crippen molar-refractivity contribution in [3.8, 4) is 0 Å². The Hall–Kier alpha value is -2.75. The van der Waals surface area contributed by atoms with Crippen LogP contribution < -0.4 is 15.1 Å². The van der Waals surface area contributed by atoms with E-state index in [1.807, 2.05) is 0 Å². The van der Waals surface area contributed by atoms with Crippen LogP contribution in [-0.2, 0) is 10.2 Å². The second-order valence-corrected chi connectivity index (χ2v) is 8.46. The number of carbonyl (C=O) groups excluding carboxylic acids is 1. The van der Waals surface area contributed by atoms with Crippen LogP contribution in [-0.4, -0.2) is 31.2 Å². The van der Waals surface area contributed by atoms with Crippen molar-refractivity contribution in [2.24, 2.45) is 0 Å². The second kappa shape index (κ2) is 7.25. The van der Waals surface area contributed by atoms with Crippen LogP contribution in [0.15, 0.2) is 54.6 Å². The third-order valence-electron chi connectivity index (χ3n) is 6.68. The monoisotopic (exact) mass is 389 g/mol. The molecule has 0 spiro atoms. The SMILES string of the molecule is CCN(CC)c1ccc(/C=C/[C@@]23NC(=O)CCN2c2ccccc2C3(C)C)cc1. The fourth-order valence-electron chi connectivity index (χ4n) is 4.92. The highest BCUT2D eigenvalue weighted by atomic mass is 16.2. The summed E-state index contributed by atoms with van der Waals surface area (Å²) in [5.41, 5.74) is 4.09. The lowest BCUT2D eigenvalue weighted by molar-refractivity contribution is -0.124. The number of hydrogen-bond acceptors (Lipinski definition) is 3. The summed E-state index contributed by atoms with van der Waals surface area (Å²) in [6.45, 7) is 11.5. The van der Waals surface area contributed by atoms with Crippen molar-refractivity contribution in [1.82, 2.24) is 5.32 Å². The lowest BCUT2D eigenvalue weighted by atomic mass is 9.74. The van der Waals surface area contributed by atoms with E-state index in [1.54, 1.807) is 0 Å². The van der Waals surface area contributed by atoms with Crippen molar-refractivity contribution in [1.29, 1.82) is 0 Å². The van der Waals surface area contributed by atoms with E-state index >= 15 is 0 Å². The second-order valence-electron chi connectivity index (χ2n) is 8.46. The number of anilines is 2. The molecule has 4 heteroatoms. The summed E-state index contributed by atoms with van der Waals surface area (Å²) in [5, 5.41) is 3.34. The van der Waals surface area contributed by atoms with Gasteiger partial charge >= 0.3 is 0 Å². The van der Waals surface area contributed by atoms with Gasteiger partial charge in [0.25, 0.3) is 0 Å². The molecule has 4 rings (SSSR count). The summed E-state index contributed by atoms with van der Waals surface area (Å²) in [7, 11) is 0. The number of rotatable bonds is 5. The molecule has 4 nitrogen and oxygen atoms in total. The maximum Gasteiger partial charge on any atom is 0.223 e. The molecule has 0 saturated carbocycles. The number of hydrogen-bond donors (Lipinski definition) is 1. The molecule has 1 fully saturated rings. The van der Waals surface area contributed by atoms with Gasteiger partial charge in [-0.1, -0.05) is 50.3 Å². The molecule has 0 radical (unpaired) electrons. The Bertz CT molecular complexity index is 927. The first kappa shape index (κ1) is 19.6. The van der Waals surface area contributed by atoms with E-state index in [2.05, 4.69) is 103 Å². The number of carbonyl (C=O) groups is 1. The molecular weight excluding hydrogens is 358 g/mol. The summed E-state index contributed by atoms with van der Waals surface area (Å²) in [5.74, 6) is 0.115. The zero-order chi connectivity index (χ0) is 20.6. The molecule has 1 atom stereocenters. The van der Waals surface area contributed by atoms with Gasteiger partial charge in [-0.15, -0.1) is 0 Å². The van der Waals surface area contributed by atoms with Crippen molar-refractivity contribution in [3.63, 3.8) is 0 Å². The standard InChI is InChI=1S/C25H31N3O/c1-5-27(6-2)20-13-11-19(12-14-20)15-17-25-24(3,4)21-9-7-8-10-22(21)28(25)18-16-23(29)26-25/h7-15,17H,5-6,16,18H2,1-4H3,(H,26,29)/b17-15+/t25-/m1/s1. The summed E-state index contributed by atoms with van der Waals surface area (Å²) in [6.07, 6.45) is 4.87. The first-order valence-corrected chi connectivity index (χ1v) is 10.7. The van der Waals surface area contributed by atoms with E-state index in [1.165, 1.54) is 16.9 Å². The average molecular weight is 390 g/mol. The fourth-order valence-corrected chi connectivity index (χ4v) is 4.92. The molecular formula is C25H31N3O. The number of benzene rings is 2. The highest BCUT2D eigenvalue weighted by Gasteiger charge is 2.57. The van der Waals surface area contributed by atoms with Gasteiger partial charge in [0, 0.05) is 42.8 Å². The van der Waals surface area contributed by atoms with Crippen molar-refractivity contribution in [2.75, 3.05) is 29.4 Å². The predicted molar refractivity (Wildman–Crippen MR) is 121 cm³/mol. The molecule has 2 aromatic carbocycles. The van der Waals surface area contributed by atoms with Gasteiger partial charge in [0.15, 0.2) is 0 Å². The highest BCUT2D eigenvalue weighted by Crippen LogP contribution is 2.52. The smallest absolute Gasteiger partial charge is 0.223 e. The van der Waals surface area contributed by atoms with Crippen LogP contribution in [0.25, 0.3) is 6.08 Å². The van der Waals surface area contributed by atoms with E-state index in [0.717, 1.165) is 25.2 Å². The molecule has 1 saturated heterocycles. The quantitative estimate of drug-likeness (QED) is 0.814. The number of nitrogens with zero attached hydrogens (tertiary/aromatic N) is 2. The fraction of sp³-hybridized carbons (Fsp3) is 0.400. The van der Waals surface area contributed by atoms with E-state index in [9.17, 15) is 4.79 Å². The zero-order valence-electron chi connectivity index (χ0n) is 17.9. The van der Waals surface area contributed by atoms with Crippen molar-refractivity contribution >= 4 is 23.4 Å². The number of para-hydroxylation sites is 1. The number of nitrogens with one attached hydrogen (secondary N) is 1. The van der Waals surface area contributed by atoms with Gasteiger partial charge in [-0.2, -0.15) is 0 Å². The summed E-state index contributed by atoms with van der Waals surface area (Å²) in [4.78, 5) is 17.2. The maximum atomic E-state index is 12.5. The van der Waals surface area contributed by atoms with Crippen LogP contribution in [0.4, 0.5) is 11.4 Å². The largest absolute Gasteiger partial charge is 0.372 e. The molecule has 152 valence electrons. The summed E-state index contributed by atoms with van der Waals surface area (Å²) < 4.78 is 0. The minimum atomic E-state index is -0.552. The Morgan fingerprint density at radius 2 is 1.76 bits per heavy atom. The third kappa shape index (κ3) is 3.02. The Balaban J connectivity index is 1.71. The van der Waals surface area contributed by atoms with Crippen LogP contribution in [0.5, 0.6) is 0 Å². The van der Waals surface area contributed by atoms with E-state index in [0.29, 0.717) is 6.42 Å². The predicted octanol–water partition coefficient (Wildman–Crippen LogP) is 4.56. The van der Waals surface area contributed by atoms with Gasteiger partial charge in [-0.3, -0.25) is 4.79 Å². The van der Waals surface area contributed by atoms with Crippen LogP contribution in [0.1, 0.15) is 45.2 Å². The molecule has 2 aliphatic heterocycles. The van der Waals surface area contributed by atoms with Crippen molar-refractivity contribution in [2.45, 2.75) is 45.2 Å². The lowest BCUT2D eigenvalue weighted by Gasteiger charge is -2.49. The molecule has 0 aromatic heterocycles. The number of amides is 1. The normalized spacial score (nSPS) is 22.3.